The first kappa shape index (κ1) is 17.1. The van der Waals surface area contributed by atoms with Crippen molar-refractivity contribution in [1.29, 1.82) is 0 Å². The highest BCUT2D eigenvalue weighted by Crippen LogP contribution is 2.37. The molecule has 2 N–H and O–H groups in total. The van der Waals surface area contributed by atoms with E-state index in [1.807, 2.05) is 6.92 Å². The van der Waals surface area contributed by atoms with Gasteiger partial charge < -0.3 is 19.9 Å². The maximum Gasteiger partial charge on any atom is 0.163 e. The Balaban J connectivity index is 2.09. The summed E-state index contributed by atoms with van der Waals surface area (Å²) in [6, 6.07) is 7.52. The molecule has 0 saturated heterocycles. The molecule has 0 fully saturated rings. The van der Waals surface area contributed by atoms with Crippen LogP contribution in [0.5, 0.6) is 17.2 Å². The number of anilines is 2. The molecule has 0 bridgehead atoms. The molecule has 2 aromatic carbocycles. The van der Waals surface area contributed by atoms with E-state index < -0.39 is 5.82 Å². The van der Waals surface area contributed by atoms with Crippen molar-refractivity contribution >= 4 is 33.9 Å². The van der Waals surface area contributed by atoms with Crippen LogP contribution in [0.15, 0.2) is 36.5 Å². The van der Waals surface area contributed by atoms with Gasteiger partial charge in [0, 0.05) is 29.4 Å². The summed E-state index contributed by atoms with van der Waals surface area (Å²) in [7, 11) is 1.55. The third-order valence-electron chi connectivity index (χ3n) is 3.63. The third-order valence-corrected chi connectivity index (χ3v) is 3.94. The number of hydrogen-bond acceptors (Lipinski definition) is 5. The van der Waals surface area contributed by atoms with Gasteiger partial charge in [0.25, 0.3) is 0 Å². The predicted molar refractivity (Wildman–Crippen MR) is 95.8 cm³/mol. The van der Waals surface area contributed by atoms with Crippen LogP contribution in [0.4, 0.5) is 15.8 Å². The molecule has 5 nitrogen and oxygen atoms in total. The van der Waals surface area contributed by atoms with Crippen LogP contribution in [0, 0.1) is 5.82 Å². The van der Waals surface area contributed by atoms with E-state index in [1.54, 1.807) is 31.5 Å². The summed E-state index contributed by atoms with van der Waals surface area (Å²) in [4.78, 5) is 4.32. The molecule has 0 spiro atoms. The number of aromatic hydroxyl groups is 1. The zero-order valence-electron chi connectivity index (χ0n) is 13.6. The van der Waals surface area contributed by atoms with Crippen molar-refractivity contribution in [3.8, 4) is 17.2 Å². The Morgan fingerprint density at radius 2 is 2.00 bits per heavy atom. The van der Waals surface area contributed by atoms with Crippen LogP contribution >= 0.6 is 11.6 Å². The minimum absolute atomic E-state index is 0.0503. The van der Waals surface area contributed by atoms with Crippen LogP contribution in [0.3, 0.4) is 0 Å². The molecule has 0 unspecified atom stereocenters. The van der Waals surface area contributed by atoms with E-state index in [9.17, 15) is 9.50 Å². The maximum atomic E-state index is 14.1. The molecule has 0 atom stereocenters. The average molecular weight is 363 g/mol. The van der Waals surface area contributed by atoms with Crippen molar-refractivity contribution in [3.05, 3.63) is 47.4 Å². The van der Waals surface area contributed by atoms with E-state index in [0.717, 1.165) is 11.5 Å². The number of methoxy groups -OCH3 is 1. The van der Waals surface area contributed by atoms with Gasteiger partial charge in [-0.25, -0.2) is 4.39 Å². The van der Waals surface area contributed by atoms with Gasteiger partial charge >= 0.3 is 0 Å². The molecule has 0 saturated carbocycles. The van der Waals surface area contributed by atoms with Gasteiger partial charge in [0.1, 0.15) is 11.6 Å². The Labute approximate surface area is 149 Å². The van der Waals surface area contributed by atoms with Gasteiger partial charge in [-0.15, -0.1) is 0 Å². The van der Waals surface area contributed by atoms with Crippen molar-refractivity contribution in [2.75, 3.05) is 19.0 Å². The van der Waals surface area contributed by atoms with Crippen molar-refractivity contribution in [2.45, 2.75) is 6.92 Å². The predicted octanol–water partition coefficient (Wildman–Crippen LogP) is 4.88. The molecule has 0 amide bonds. The molecule has 0 aliphatic carbocycles. The second-order valence-corrected chi connectivity index (χ2v) is 5.63. The number of pyridine rings is 1. The molecular formula is C18H16ClFN2O3. The summed E-state index contributed by atoms with van der Waals surface area (Å²) >= 11 is 5.71. The Morgan fingerprint density at radius 3 is 2.72 bits per heavy atom. The highest BCUT2D eigenvalue weighted by atomic mass is 35.5. The highest BCUT2D eigenvalue weighted by molar-refractivity contribution is 6.32. The van der Waals surface area contributed by atoms with Gasteiger partial charge in [0.2, 0.25) is 0 Å². The number of halogens is 2. The summed E-state index contributed by atoms with van der Waals surface area (Å²) < 4.78 is 25.0. The number of nitrogens with one attached hydrogen (secondary N) is 1. The molecular weight excluding hydrogens is 347 g/mol. The average Bonchev–Trinajstić information content (AvgIpc) is 2.59. The smallest absolute Gasteiger partial charge is 0.163 e. The molecule has 25 heavy (non-hydrogen) atoms. The van der Waals surface area contributed by atoms with Crippen LogP contribution < -0.4 is 14.8 Å². The quantitative estimate of drug-likeness (QED) is 0.677. The molecule has 3 rings (SSSR count). The fraction of sp³-hybridized carbons (Fsp3) is 0.167. The minimum atomic E-state index is -0.578. The molecule has 1 aromatic heterocycles. The number of phenols is 1. The van der Waals surface area contributed by atoms with Crippen LogP contribution in [0.2, 0.25) is 5.02 Å². The summed E-state index contributed by atoms with van der Waals surface area (Å²) in [5.74, 6) is 0.341. The number of benzene rings is 2. The SMILES string of the molecule is CCOc1cc2nccc(Nc3cc(O)c(Cl)cc3F)c2cc1OC. The number of fused-ring (bicyclic) bond motifs is 1. The zero-order valence-corrected chi connectivity index (χ0v) is 14.4. The Hall–Kier alpha value is -2.73. The fourth-order valence-electron chi connectivity index (χ4n) is 2.47. The summed E-state index contributed by atoms with van der Waals surface area (Å²) in [5.41, 5.74) is 1.36. The van der Waals surface area contributed by atoms with Crippen molar-refractivity contribution in [2.24, 2.45) is 0 Å². The summed E-state index contributed by atoms with van der Waals surface area (Å²) in [5, 5.41) is 13.3. The lowest BCUT2D eigenvalue weighted by molar-refractivity contribution is 0.311. The van der Waals surface area contributed by atoms with Crippen LogP contribution in [0.1, 0.15) is 6.92 Å². The van der Waals surface area contributed by atoms with Crippen molar-refractivity contribution in [1.82, 2.24) is 4.98 Å². The lowest BCUT2D eigenvalue weighted by atomic mass is 10.1. The van der Waals surface area contributed by atoms with Gasteiger partial charge in [-0.1, -0.05) is 11.6 Å². The van der Waals surface area contributed by atoms with E-state index in [0.29, 0.717) is 29.3 Å². The number of ether oxygens (including phenoxy) is 2. The maximum absolute atomic E-state index is 14.1. The Bertz CT molecular complexity index is 934. The normalized spacial score (nSPS) is 10.7. The number of hydrogen-bond donors (Lipinski definition) is 2. The van der Waals surface area contributed by atoms with E-state index in [2.05, 4.69) is 10.3 Å². The first-order valence-electron chi connectivity index (χ1n) is 7.58. The van der Waals surface area contributed by atoms with E-state index in [-0.39, 0.29) is 16.5 Å². The van der Waals surface area contributed by atoms with Crippen LogP contribution in [-0.4, -0.2) is 23.8 Å². The largest absolute Gasteiger partial charge is 0.506 e. The van der Waals surface area contributed by atoms with Gasteiger partial charge in [-0.3, -0.25) is 4.98 Å². The molecule has 7 heteroatoms. The molecule has 130 valence electrons. The number of phenolic OH excluding ortho intramolecular Hbond substituents is 1. The molecule has 3 aromatic rings. The van der Waals surface area contributed by atoms with Crippen molar-refractivity contribution < 1.29 is 19.0 Å². The molecule has 1 heterocycles. The highest BCUT2D eigenvalue weighted by Gasteiger charge is 2.13. The Kier molecular flexibility index (Phi) is 4.81. The second kappa shape index (κ2) is 7.03. The monoisotopic (exact) mass is 362 g/mol. The van der Waals surface area contributed by atoms with Gasteiger partial charge in [0.15, 0.2) is 11.5 Å². The van der Waals surface area contributed by atoms with Gasteiger partial charge in [-0.2, -0.15) is 0 Å². The third kappa shape index (κ3) is 3.39. The summed E-state index contributed by atoms with van der Waals surface area (Å²) in [6.07, 6.45) is 1.60. The zero-order chi connectivity index (χ0) is 18.0. The van der Waals surface area contributed by atoms with E-state index in [4.69, 9.17) is 21.1 Å². The van der Waals surface area contributed by atoms with Crippen molar-refractivity contribution in [3.63, 3.8) is 0 Å². The Morgan fingerprint density at radius 1 is 1.20 bits per heavy atom. The standard InChI is InChI=1S/C18H16ClFN2O3/c1-3-25-18-9-14-10(6-17(18)24-2)13(4-5-21-14)22-15-8-16(23)11(19)7-12(15)20/h4-9,23H,3H2,1-2H3,(H,21,22). The number of nitrogens with zero attached hydrogens (tertiary/aromatic N) is 1. The number of aromatic nitrogens is 1. The number of rotatable bonds is 5. The van der Waals surface area contributed by atoms with E-state index in [1.165, 1.54) is 6.07 Å². The van der Waals surface area contributed by atoms with Gasteiger partial charge in [0.05, 0.1) is 29.9 Å². The second-order valence-electron chi connectivity index (χ2n) is 5.22. The lowest BCUT2D eigenvalue weighted by Gasteiger charge is -2.14. The molecule has 0 radical (unpaired) electrons. The lowest BCUT2D eigenvalue weighted by Crippen LogP contribution is -1.98. The van der Waals surface area contributed by atoms with Gasteiger partial charge in [-0.05, 0) is 25.1 Å². The first-order chi connectivity index (χ1) is 12.0. The summed E-state index contributed by atoms with van der Waals surface area (Å²) in [6.45, 7) is 2.37. The molecule has 0 aliphatic rings. The van der Waals surface area contributed by atoms with Crippen LogP contribution in [-0.2, 0) is 0 Å². The van der Waals surface area contributed by atoms with Crippen LogP contribution in [0.25, 0.3) is 10.9 Å². The van der Waals surface area contributed by atoms with E-state index >= 15 is 0 Å². The fourth-order valence-corrected chi connectivity index (χ4v) is 2.62. The minimum Gasteiger partial charge on any atom is -0.506 e. The topological polar surface area (TPSA) is 63.6 Å². The molecule has 0 aliphatic heterocycles. The first-order valence-corrected chi connectivity index (χ1v) is 7.96.